The minimum atomic E-state index is -5.59. The smallest absolute Gasteiger partial charge is 0.425 e. The average molecular weight is 608 g/mol. The highest BCUT2D eigenvalue weighted by Gasteiger charge is 2.57. The molecule has 0 aromatic heterocycles. The van der Waals surface area contributed by atoms with Gasteiger partial charge in [0.2, 0.25) is 0 Å². The molecule has 3 N–H and O–H groups in total. The van der Waals surface area contributed by atoms with Gasteiger partial charge in [0.15, 0.2) is 0 Å². The highest BCUT2D eigenvalue weighted by molar-refractivity contribution is 7.84. The van der Waals surface area contributed by atoms with Crippen LogP contribution >= 0.6 is 0 Å². The SMILES string of the molecule is CC(C)(N)C(=O)Oc1ccc2c(c1)C[C@@H](CCCS(=O)CCCC(F)(F)C(F)(F)F)[C@@H]1[C@@H]2CC[C@]2(C)[C@@H](O)CC[C@@H]12. The molecule has 11 heteroatoms. The number of benzene rings is 1. The summed E-state index contributed by atoms with van der Waals surface area (Å²) < 4.78 is 81.7. The average Bonchev–Trinajstić information content (AvgIpc) is 3.16. The molecular weight excluding hydrogens is 565 g/mol. The normalized spacial score (nSPS) is 30.7. The van der Waals surface area contributed by atoms with Gasteiger partial charge in [0.05, 0.1) is 6.10 Å². The number of hydrogen-bond donors (Lipinski definition) is 2. The number of carbonyl (C=O) groups excluding carboxylic acids is 1. The molecule has 0 saturated heterocycles. The monoisotopic (exact) mass is 607 g/mol. The van der Waals surface area contributed by atoms with Crippen molar-refractivity contribution in [2.45, 2.75) is 108 Å². The maximum absolute atomic E-state index is 13.2. The van der Waals surface area contributed by atoms with Crippen LogP contribution < -0.4 is 10.5 Å². The lowest BCUT2D eigenvalue weighted by Gasteiger charge is -2.53. The van der Waals surface area contributed by atoms with Crippen LogP contribution in [-0.4, -0.2) is 50.5 Å². The zero-order valence-corrected chi connectivity index (χ0v) is 24.8. The Morgan fingerprint density at radius 3 is 2.46 bits per heavy atom. The van der Waals surface area contributed by atoms with E-state index >= 15 is 0 Å². The Morgan fingerprint density at radius 1 is 1.12 bits per heavy atom. The molecule has 0 spiro atoms. The molecule has 1 unspecified atom stereocenters. The van der Waals surface area contributed by atoms with Crippen molar-refractivity contribution in [1.29, 1.82) is 0 Å². The van der Waals surface area contributed by atoms with E-state index in [1.165, 1.54) is 5.56 Å². The first-order valence-electron chi connectivity index (χ1n) is 14.6. The van der Waals surface area contributed by atoms with E-state index in [9.17, 15) is 36.1 Å². The summed E-state index contributed by atoms with van der Waals surface area (Å²) in [5.74, 6) is -3.69. The predicted molar refractivity (Wildman–Crippen MR) is 147 cm³/mol. The van der Waals surface area contributed by atoms with Crippen molar-refractivity contribution >= 4 is 16.8 Å². The Labute approximate surface area is 241 Å². The molecule has 0 amide bonds. The van der Waals surface area contributed by atoms with Crippen molar-refractivity contribution < 1.29 is 40.8 Å². The molecule has 7 atom stereocenters. The second kappa shape index (κ2) is 11.8. The highest BCUT2D eigenvalue weighted by Crippen LogP contribution is 2.62. The molecule has 1 aromatic carbocycles. The molecule has 0 heterocycles. The molecular formula is C30H42F5NO4S. The van der Waals surface area contributed by atoms with Crippen LogP contribution in [0.1, 0.15) is 89.2 Å². The Bertz CT molecular complexity index is 1140. The van der Waals surface area contributed by atoms with Crippen molar-refractivity contribution in [2.24, 2.45) is 28.9 Å². The zero-order chi connectivity index (χ0) is 30.4. The molecule has 1 aromatic rings. The fourth-order valence-corrected chi connectivity index (χ4v) is 8.69. The van der Waals surface area contributed by atoms with Gasteiger partial charge in [0, 0.05) is 28.7 Å². The molecule has 2 saturated carbocycles. The third kappa shape index (κ3) is 6.82. The number of aliphatic hydroxyl groups is 1. The van der Waals surface area contributed by atoms with E-state index in [4.69, 9.17) is 10.5 Å². The van der Waals surface area contributed by atoms with Gasteiger partial charge >= 0.3 is 18.1 Å². The molecule has 4 rings (SSSR count). The number of nitrogens with two attached hydrogens (primary N) is 1. The van der Waals surface area contributed by atoms with Crippen molar-refractivity contribution in [2.75, 3.05) is 11.5 Å². The number of rotatable bonds is 10. The van der Waals surface area contributed by atoms with E-state index in [2.05, 4.69) is 6.92 Å². The summed E-state index contributed by atoms with van der Waals surface area (Å²) in [6, 6.07) is 5.75. The van der Waals surface area contributed by atoms with Gasteiger partial charge in [-0.3, -0.25) is 4.21 Å². The first kappa shape index (κ1) is 32.3. The molecule has 3 aliphatic carbocycles. The first-order chi connectivity index (χ1) is 18.9. The number of ether oxygens (including phenoxy) is 1. The predicted octanol–water partition coefficient (Wildman–Crippen LogP) is 6.28. The lowest BCUT2D eigenvalue weighted by molar-refractivity contribution is -0.284. The van der Waals surface area contributed by atoms with Crippen LogP contribution in [0, 0.1) is 23.2 Å². The van der Waals surface area contributed by atoms with Crippen LogP contribution in [0.3, 0.4) is 0 Å². The summed E-state index contributed by atoms with van der Waals surface area (Å²) in [7, 11) is -1.49. The third-order valence-corrected chi connectivity index (χ3v) is 11.3. The number of fused-ring (bicyclic) bond motifs is 5. The fourth-order valence-electron chi connectivity index (χ4n) is 7.53. The van der Waals surface area contributed by atoms with Crippen molar-refractivity contribution in [3.8, 4) is 5.75 Å². The second-order valence-electron chi connectivity index (χ2n) is 13.2. The first-order valence-corrected chi connectivity index (χ1v) is 16.0. The Morgan fingerprint density at radius 2 is 1.80 bits per heavy atom. The standard InChI is InChI=1S/C30H42F5NO4S/c1-27(2,36)26(38)40-20-7-8-21-19(17-20)16-18(25-22(21)11-13-28(3)23(25)9-10-24(28)37)6-4-14-41(39)15-5-12-29(31,32)30(33,34)35/h7-8,17-18,22-25,37H,4-6,9-16,36H2,1-3H3/t18-,22-,23+,24+,25-,28+,41?/m1/s1. The summed E-state index contributed by atoms with van der Waals surface area (Å²) in [6.07, 6.45) is -2.21. The Balaban J connectivity index is 1.46. The van der Waals surface area contributed by atoms with Gasteiger partial charge in [0.25, 0.3) is 0 Å². The van der Waals surface area contributed by atoms with E-state index in [0.717, 1.165) is 44.1 Å². The second-order valence-corrected chi connectivity index (χ2v) is 14.9. The van der Waals surface area contributed by atoms with E-state index in [0.29, 0.717) is 24.0 Å². The van der Waals surface area contributed by atoms with E-state index in [1.54, 1.807) is 13.8 Å². The molecule has 3 aliphatic rings. The van der Waals surface area contributed by atoms with Crippen LogP contribution in [0.2, 0.25) is 0 Å². The number of halogens is 5. The maximum atomic E-state index is 13.2. The largest absolute Gasteiger partial charge is 0.453 e. The van der Waals surface area contributed by atoms with Gasteiger partial charge in [-0.25, -0.2) is 4.79 Å². The van der Waals surface area contributed by atoms with Crippen molar-refractivity contribution in [3.05, 3.63) is 29.3 Å². The summed E-state index contributed by atoms with van der Waals surface area (Å²) >= 11 is 0. The molecule has 5 nitrogen and oxygen atoms in total. The lowest BCUT2D eigenvalue weighted by atomic mass is 9.52. The number of alkyl halides is 5. The van der Waals surface area contributed by atoms with Crippen LogP contribution in [0.25, 0.3) is 0 Å². The molecule has 2 fully saturated rings. The maximum Gasteiger partial charge on any atom is 0.453 e. The topological polar surface area (TPSA) is 89.6 Å². The summed E-state index contributed by atoms with van der Waals surface area (Å²) in [6.45, 7) is 5.34. The van der Waals surface area contributed by atoms with E-state index in [-0.39, 0.29) is 34.9 Å². The number of hydrogen-bond acceptors (Lipinski definition) is 5. The summed E-state index contributed by atoms with van der Waals surface area (Å²) in [4.78, 5) is 12.4. The number of esters is 1. The zero-order valence-electron chi connectivity index (χ0n) is 23.9. The molecule has 0 aliphatic heterocycles. The van der Waals surface area contributed by atoms with Gasteiger partial charge in [-0.1, -0.05) is 13.0 Å². The van der Waals surface area contributed by atoms with Gasteiger partial charge < -0.3 is 15.6 Å². The Kier molecular flexibility index (Phi) is 9.33. The van der Waals surface area contributed by atoms with Gasteiger partial charge in [0.1, 0.15) is 11.3 Å². The van der Waals surface area contributed by atoms with Crippen molar-refractivity contribution in [3.63, 3.8) is 0 Å². The van der Waals surface area contributed by atoms with E-state index < -0.39 is 47.2 Å². The fraction of sp³-hybridized carbons (Fsp3) is 0.767. The van der Waals surface area contributed by atoms with E-state index in [1.807, 2.05) is 18.2 Å². The molecule has 232 valence electrons. The number of aliphatic hydroxyl groups excluding tert-OH is 1. The van der Waals surface area contributed by atoms with Gasteiger partial charge in [-0.15, -0.1) is 0 Å². The Hall–Kier alpha value is -1.59. The van der Waals surface area contributed by atoms with Crippen molar-refractivity contribution in [1.82, 2.24) is 0 Å². The molecule has 41 heavy (non-hydrogen) atoms. The minimum Gasteiger partial charge on any atom is -0.425 e. The molecule has 0 bridgehead atoms. The highest BCUT2D eigenvalue weighted by atomic mass is 32.2. The van der Waals surface area contributed by atoms with Crippen LogP contribution in [0.4, 0.5) is 22.0 Å². The lowest BCUT2D eigenvalue weighted by Crippen LogP contribution is -2.47. The number of carbonyl (C=O) groups is 1. The van der Waals surface area contributed by atoms with Crippen LogP contribution in [0.5, 0.6) is 5.75 Å². The third-order valence-electron chi connectivity index (χ3n) is 9.78. The van der Waals surface area contributed by atoms with Gasteiger partial charge in [-0.05, 0) is 118 Å². The van der Waals surface area contributed by atoms with Crippen LogP contribution in [0.15, 0.2) is 18.2 Å². The molecule has 0 radical (unpaired) electrons. The van der Waals surface area contributed by atoms with Crippen LogP contribution in [-0.2, 0) is 22.0 Å². The quantitative estimate of drug-likeness (QED) is 0.186. The van der Waals surface area contributed by atoms with Gasteiger partial charge in [-0.2, -0.15) is 22.0 Å². The summed E-state index contributed by atoms with van der Waals surface area (Å²) in [5, 5.41) is 10.9. The summed E-state index contributed by atoms with van der Waals surface area (Å²) in [5.41, 5.74) is 6.91. The minimum absolute atomic E-state index is 0.161.